The molecule has 196 valence electrons. The third kappa shape index (κ3) is 7.49. The van der Waals surface area contributed by atoms with E-state index in [1.807, 2.05) is 17.0 Å². The summed E-state index contributed by atoms with van der Waals surface area (Å²) in [5.74, 6) is -0.0875. The number of β-amino-alcohol motifs (C(OH)–C–C–N with tert-alkyl or cyclic N) is 1. The summed E-state index contributed by atoms with van der Waals surface area (Å²) in [7, 11) is 0. The number of ether oxygens (including phenoxy) is 2. The van der Waals surface area contributed by atoms with Gasteiger partial charge >= 0.3 is 6.18 Å². The Labute approximate surface area is 208 Å². The molecular weight excluding hydrogens is 475 g/mol. The summed E-state index contributed by atoms with van der Waals surface area (Å²) in [6, 6.07) is 8.95. The van der Waals surface area contributed by atoms with Crippen LogP contribution < -0.4 is 5.32 Å². The molecule has 2 saturated heterocycles. The highest BCUT2D eigenvalue weighted by Gasteiger charge is 2.38. The Bertz CT molecular complexity index is 992. The fourth-order valence-corrected chi connectivity index (χ4v) is 4.88. The van der Waals surface area contributed by atoms with E-state index in [0.29, 0.717) is 31.4 Å². The van der Waals surface area contributed by atoms with Crippen LogP contribution in [0.3, 0.4) is 0 Å². The number of benzene rings is 1. The SMILES string of the molecule is O=C(C[C@@H]1CC[C@H]2[C@@H](COC[C@H](O)CN2Cc2cccc(C(F)(F)F)c2)O1)NCCc1ccncc1. The van der Waals surface area contributed by atoms with Gasteiger partial charge in [-0.05, 0) is 48.6 Å². The first-order chi connectivity index (χ1) is 17.3. The van der Waals surface area contributed by atoms with Crippen LogP contribution in [0.5, 0.6) is 0 Å². The van der Waals surface area contributed by atoms with Gasteiger partial charge in [-0.3, -0.25) is 14.7 Å². The van der Waals surface area contributed by atoms with Crippen LogP contribution in [0.25, 0.3) is 0 Å². The molecule has 0 radical (unpaired) electrons. The number of hydrogen-bond donors (Lipinski definition) is 2. The molecule has 1 aromatic carbocycles. The fraction of sp³-hybridized carbons (Fsp3) is 0.538. The standard InChI is InChI=1S/C26H32F3N3O4/c27-26(28,29)20-3-1-2-19(12-20)14-32-15-21(33)16-35-17-24-23(32)5-4-22(36-24)13-25(34)31-11-8-18-6-9-30-10-7-18/h1-3,6-7,9-10,12,21-24,33H,4-5,8,11,13-17H2,(H,31,34)/t21-,22+,23+,24-/m1/s1. The van der Waals surface area contributed by atoms with Crippen molar-refractivity contribution in [2.45, 2.75) is 62.8 Å². The van der Waals surface area contributed by atoms with Crippen molar-refractivity contribution in [3.8, 4) is 0 Å². The van der Waals surface area contributed by atoms with Gasteiger partial charge in [-0.25, -0.2) is 0 Å². The average molecular weight is 508 g/mol. The molecule has 10 heteroatoms. The van der Waals surface area contributed by atoms with E-state index in [1.54, 1.807) is 18.5 Å². The van der Waals surface area contributed by atoms with Gasteiger partial charge in [0.05, 0.1) is 43.5 Å². The molecule has 0 spiro atoms. The zero-order chi connectivity index (χ0) is 25.5. The van der Waals surface area contributed by atoms with E-state index in [2.05, 4.69) is 10.3 Å². The molecule has 2 N–H and O–H groups in total. The second-order valence-electron chi connectivity index (χ2n) is 9.42. The first kappa shape index (κ1) is 26.5. The van der Waals surface area contributed by atoms with Crippen molar-refractivity contribution in [2.75, 3.05) is 26.3 Å². The van der Waals surface area contributed by atoms with E-state index in [0.717, 1.165) is 17.7 Å². The maximum atomic E-state index is 13.2. The van der Waals surface area contributed by atoms with Gasteiger partial charge in [0, 0.05) is 38.1 Å². The van der Waals surface area contributed by atoms with Crippen LogP contribution in [-0.4, -0.2) is 71.6 Å². The zero-order valence-electron chi connectivity index (χ0n) is 20.0. The quantitative estimate of drug-likeness (QED) is 0.600. The number of nitrogens with one attached hydrogen (secondary N) is 1. The van der Waals surface area contributed by atoms with Crippen LogP contribution in [0.1, 0.15) is 36.0 Å². The van der Waals surface area contributed by atoms with Crippen LogP contribution in [-0.2, 0) is 33.4 Å². The number of aromatic nitrogens is 1. The van der Waals surface area contributed by atoms with Crippen molar-refractivity contribution in [2.24, 2.45) is 0 Å². The van der Waals surface area contributed by atoms with Gasteiger partial charge in [0.1, 0.15) is 0 Å². The molecule has 2 fully saturated rings. The van der Waals surface area contributed by atoms with Gasteiger partial charge in [0.2, 0.25) is 5.91 Å². The van der Waals surface area contributed by atoms with Crippen molar-refractivity contribution in [3.63, 3.8) is 0 Å². The number of carbonyl (C=O) groups excluding carboxylic acids is 1. The van der Waals surface area contributed by atoms with E-state index >= 15 is 0 Å². The minimum atomic E-state index is -4.41. The fourth-order valence-electron chi connectivity index (χ4n) is 4.88. The van der Waals surface area contributed by atoms with Crippen molar-refractivity contribution >= 4 is 5.91 Å². The van der Waals surface area contributed by atoms with Gasteiger partial charge in [-0.1, -0.05) is 18.2 Å². The Kier molecular flexibility index (Phi) is 8.95. The van der Waals surface area contributed by atoms with Gasteiger partial charge in [0.15, 0.2) is 0 Å². The second kappa shape index (κ2) is 12.1. The Balaban J connectivity index is 1.34. The third-order valence-corrected chi connectivity index (χ3v) is 6.63. The maximum absolute atomic E-state index is 13.2. The molecule has 1 amide bonds. The lowest BCUT2D eigenvalue weighted by Crippen LogP contribution is -2.55. The van der Waals surface area contributed by atoms with Crippen molar-refractivity contribution in [1.29, 1.82) is 0 Å². The van der Waals surface area contributed by atoms with E-state index in [4.69, 9.17) is 9.47 Å². The van der Waals surface area contributed by atoms with Crippen molar-refractivity contribution in [1.82, 2.24) is 15.2 Å². The summed E-state index contributed by atoms with van der Waals surface area (Å²) in [6.07, 6.45) is -0.0692. The summed E-state index contributed by atoms with van der Waals surface area (Å²) in [5.41, 5.74) is 0.923. The summed E-state index contributed by atoms with van der Waals surface area (Å²) >= 11 is 0. The summed E-state index contributed by atoms with van der Waals surface area (Å²) in [6.45, 7) is 1.41. The number of carbonyl (C=O) groups is 1. The first-order valence-corrected chi connectivity index (χ1v) is 12.2. The predicted molar refractivity (Wildman–Crippen MR) is 126 cm³/mol. The van der Waals surface area contributed by atoms with Crippen LogP contribution in [0, 0.1) is 0 Å². The highest BCUT2D eigenvalue weighted by Crippen LogP contribution is 2.32. The zero-order valence-corrected chi connectivity index (χ0v) is 20.0. The van der Waals surface area contributed by atoms with E-state index in [9.17, 15) is 23.1 Å². The molecule has 0 saturated carbocycles. The number of pyridine rings is 1. The van der Waals surface area contributed by atoms with Crippen molar-refractivity contribution in [3.05, 3.63) is 65.5 Å². The highest BCUT2D eigenvalue weighted by atomic mass is 19.4. The number of nitrogens with zero attached hydrogens (tertiary/aromatic N) is 2. The van der Waals surface area contributed by atoms with Gasteiger partial charge < -0.3 is 19.9 Å². The lowest BCUT2D eigenvalue weighted by Gasteiger charge is -2.44. The van der Waals surface area contributed by atoms with Crippen LogP contribution in [0.4, 0.5) is 13.2 Å². The number of fused-ring (bicyclic) bond motifs is 1. The highest BCUT2D eigenvalue weighted by molar-refractivity contribution is 5.76. The molecular formula is C26H32F3N3O4. The molecule has 4 atom stereocenters. The number of halogens is 3. The molecule has 2 aliphatic heterocycles. The number of rotatable bonds is 7. The molecule has 0 aliphatic carbocycles. The smallest absolute Gasteiger partial charge is 0.389 e. The van der Waals surface area contributed by atoms with Gasteiger partial charge in [0.25, 0.3) is 0 Å². The monoisotopic (exact) mass is 507 g/mol. The minimum absolute atomic E-state index is 0.0875. The largest absolute Gasteiger partial charge is 0.416 e. The van der Waals surface area contributed by atoms with Crippen LogP contribution in [0.2, 0.25) is 0 Å². The number of hydrogen-bond acceptors (Lipinski definition) is 6. The van der Waals surface area contributed by atoms with Crippen LogP contribution in [0.15, 0.2) is 48.8 Å². The molecule has 4 rings (SSSR count). The van der Waals surface area contributed by atoms with Crippen LogP contribution >= 0.6 is 0 Å². The second-order valence-corrected chi connectivity index (χ2v) is 9.42. The average Bonchev–Trinajstić information content (AvgIpc) is 2.83. The summed E-state index contributed by atoms with van der Waals surface area (Å²) < 4.78 is 51.4. The normalized spacial score (nSPS) is 25.4. The maximum Gasteiger partial charge on any atom is 0.416 e. The Morgan fingerprint density at radius 2 is 1.94 bits per heavy atom. The molecule has 2 aliphatic rings. The van der Waals surface area contributed by atoms with E-state index in [1.165, 1.54) is 6.07 Å². The van der Waals surface area contributed by atoms with E-state index in [-0.39, 0.29) is 56.9 Å². The summed E-state index contributed by atoms with van der Waals surface area (Å²) in [4.78, 5) is 18.4. The molecule has 36 heavy (non-hydrogen) atoms. The van der Waals surface area contributed by atoms with E-state index < -0.39 is 17.8 Å². The predicted octanol–water partition coefficient (Wildman–Crippen LogP) is 2.96. The third-order valence-electron chi connectivity index (χ3n) is 6.63. The first-order valence-electron chi connectivity index (χ1n) is 12.2. The number of aliphatic hydroxyl groups excluding tert-OH is 1. The summed E-state index contributed by atoms with van der Waals surface area (Å²) in [5, 5.41) is 13.3. The minimum Gasteiger partial charge on any atom is -0.389 e. The lowest BCUT2D eigenvalue weighted by atomic mass is 9.94. The number of alkyl halides is 3. The molecule has 0 unspecified atom stereocenters. The molecule has 3 heterocycles. The number of amides is 1. The Morgan fingerprint density at radius 3 is 2.72 bits per heavy atom. The lowest BCUT2D eigenvalue weighted by molar-refractivity contribution is -0.158. The topological polar surface area (TPSA) is 83.9 Å². The number of aliphatic hydroxyl groups is 1. The molecule has 1 aromatic heterocycles. The molecule has 2 aromatic rings. The van der Waals surface area contributed by atoms with Gasteiger partial charge in [-0.15, -0.1) is 0 Å². The van der Waals surface area contributed by atoms with Gasteiger partial charge in [-0.2, -0.15) is 13.2 Å². The molecule has 0 bridgehead atoms. The molecule has 7 nitrogen and oxygen atoms in total. The van der Waals surface area contributed by atoms with Crippen molar-refractivity contribution < 1.29 is 32.5 Å². The Hall–Kier alpha value is -2.53. The Morgan fingerprint density at radius 1 is 1.14 bits per heavy atom.